The van der Waals surface area contributed by atoms with Crippen LogP contribution < -0.4 is 10.5 Å². The van der Waals surface area contributed by atoms with E-state index in [1.165, 1.54) is 24.4 Å². The van der Waals surface area contributed by atoms with Gasteiger partial charge >= 0.3 is 12.2 Å². The molecule has 0 saturated heterocycles. The summed E-state index contributed by atoms with van der Waals surface area (Å²) in [5, 5.41) is 0. The molecule has 2 rings (SSSR count). The van der Waals surface area contributed by atoms with Crippen LogP contribution in [-0.4, -0.2) is 9.55 Å². The topological polar surface area (TPSA) is 53.1 Å². The van der Waals surface area contributed by atoms with Crippen molar-refractivity contribution in [2.45, 2.75) is 26.1 Å². The minimum absolute atomic E-state index is 0.0344. The Morgan fingerprint density at radius 3 is 2.50 bits per heavy atom. The van der Waals surface area contributed by atoms with Gasteiger partial charge in [-0.3, -0.25) is 4.57 Å². The molecular weight excluding hydrogens is 271 g/mol. The summed E-state index contributed by atoms with van der Waals surface area (Å²) in [5.41, 5.74) is 4.71. The molecule has 0 unspecified atom stereocenters. The van der Waals surface area contributed by atoms with Gasteiger partial charge in [0.1, 0.15) is 11.6 Å². The molecule has 0 spiro atoms. The number of imidazole rings is 1. The van der Waals surface area contributed by atoms with Gasteiger partial charge in [-0.15, -0.1) is 0 Å². The fraction of sp³-hybridized carbons (Fsp3) is 0.308. The highest BCUT2D eigenvalue weighted by Gasteiger charge is 2.34. The van der Waals surface area contributed by atoms with Crippen LogP contribution in [0.2, 0.25) is 0 Å². The SMILES string of the molecule is CC(C)n1cc(N)nc1Oc1ccccc1C(F)(F)F. The highest BCUT2D eigenvalue weighted by molar-refractivity contribution is 5.38. The average Bonchev–Trinajstić information content (AvgIpc) is 2.70. The summed E-state index contributed by atoms with van der Waals surface area (Å²) in [6.45, 7) is 3.70. The Hall–Kier alpha value is -2.18. The molecule has 1 aromatic carbocycles. The van der Waals surface area contributed by atoms with Crippen molar-refractivity contribution in [3.8, 4) is 11.8 Å². The molecule has 20 heavy (non-hydrogen) atoms. The van der Waals surface area contributed by atoms with E-state index in [1.54, 1.807) is 4.57 Å². The van der Waals surface area contributed by atoms with E-state index < -0.39 is 11.7 Å². The third-order valence-corrected chi connectivity index (χ3v) is 2.67. The quantitative estimate of drug-likeness (QED) is 0.931. The molecule has 0 aliphatic carbocycles. The fourth-order valence-electron chi connectivity index (χ4n) is 1.73. The van der Waals surface area contributed by atoms with Crippen LogP contribution in [0.1, 0.15) is 25.5 Å². The molecule has 108 valence electrons. The van der Waals surface area contributed by atoms with E-state index in [4.69, 9.17) is 10.5 Å². The molecule has 2 N–H and O–H groups in total. The number of anilines is 1. The molecule has 0 saturated carbocycles. The monoisotopic (exact) mass is 285 g/mol. The van der Waals surface area contributed by atoms with E-state index in [2.05, 4.69) is 4.98 Å². The maximum Gasteiger partial charge on any atom is 0.419 e. The van der Waals surface area contributed by atoms with Gasteiger partial charge in [0.2, 0.25) is 0 Å². The van der Waals surface area contributed by atoms with E-state index in [1.807, 2.05) is 13.8 Å². The highest BCUT2D eigenvalue weighted by atomic mass is 19.4. The predicted molar refractivity (Wildman–Crippen MR) is 68.5 cm³/mol. The Balaban J connectivity index is 2.41. The van der Waals surface area contributed by atoms with Crippen molar-refractivity contribution in [2.24, 2.45) is 0 Å². The van der Waals surface area contributed by atoms with Crippen molar-refractivity contribution in [3.05, 3.63) is 36.0 Å². The van der Waals surface area contributed by atoms with Gasteiger partial charge in [0, 0.05) is 6.04 Å². The molecule has 0 bridgehead atoms. The van der Waals surface area contributed by atoms with E-state index in [0.29, 0.717) is 0 Å². The van der Waals surface area contributed by atoms with Crippen molar-refractivity contribution in [1.82, 2.24) is 9.55 Å². The van der Waals surface area contributed by atoms with Crippen LogP contribution in [0.3, 0.4) is 0 Å². The molecular formula is C13H14F3N3O. The van der Waals surface area contributed by atoms with Crippen LogP contribution >= 0.6 is 0 Å². The zero-order chi connectivity index (χ0) is 14.9. The molecule has 0 aliphatic heterocycles. The van der Waals surface area contributed by atoms with Crippen LogP contribution in [0, 0.1) is 0 Å². The Kier molecular flexibility index (Phi) is 3.61. The summed E-state index contributed by atoms with van der Waals surface area (Å²) < 4.78 is 45.5. The number of ether oxygens (including phenoxy) is 1. The second-order valence-electron chi connectivity index (χ2n) is 4.55. The van der Waals surface area contributed by atoms with Crippen molar-refractivity contribution >= 4 is 5.82 Å². The van der Waals surface area contributed by atoms with E-state index in [9.17, 15) is 13.2 Å². The minimum atomic E-state index is -4.49. The van der Waals surface area contributed by atoms with Gasteiger partial charge in [-0.05, 0) is 26.0 Å². The minimum Gasteiger partial charge on any atom is -0.425 e. The lowest BCUT2D eigenvalue weighted by Gasteiger charge is -2.15. The first-order chi connectivity index (χ1) is 9.29. The van der Waals surface area contributed by atoms with E-state index >= 15 is 0 Å². The number of aromatic nitrogens is 2. The number of hydrogen-bond donors (Lipinski definition) is 1. The lowest BCUT2D eigenvalue weighted by atomic mass is 10.2. The largest absolute Gasteiger partial charge is 0.425 e. The first-order valence-electron chi connectivity index (χ1n) is 5.97. The van der Waals surface area contributed by atoms with Crippen molar-refractivity contribution in [3.63, 3.8) is 0 Å². The third-order valence-electron chi connectivity index (χ3n) is 2.67. The van der Waals surface area contributed by atoms with Crippen molar-refractivity contribution in [2.75, 3.05) is 5.73 Å². The smallest absolute Gasteiger partial charge is 0.419 e. The number of hydrogen-bond acceptors (Lipinski definition) is 3. The Labute approximate surface area is 114 Å². The normalized spacial score (nSPS) is 11.9. The summed E-state index contributed by atoms with van der Waals surface area (Å²) in [5.74, 6) is -0.106. The van der Waals surface area contributed by atoms with Gasteiger partial charge in [0.15, 0.2) is 0 Å². The zero-order valence-electron chi connectivity index (χ0n) is 11.0. The van der Waals surface area contributed by atoms with E-state index in [0.717, 1.165) is 6.07 Å². The third kappa shape index (κ3) is 2.87. The van der Waals surface area contributed by atoms with Gasteiger partial charge in [-0.25, -0.2) is 0 Å². The number of nitrogens with zero attached hydrogens (tertiary/aromatic N) is 2. The molecule has 0 amide bonds. The number of benzene rings is 1. The molecule has 1 heterocycles. The van der Waals surface area contributed by atoms with Gasteiger partial charge in [0.25, 0.3) is 0 Å². The molecule has 7 heteroatoms. The molecule has 4 nitrogen and oxygen atoms in total. The van der Waals surface area contributed by atoms with Gasteiger partial charge < -0.3 is 10.5 Å². The van der Waals surface area contributed by atoms with Gasteiger partial charge in [0.05, 0.1) is 11.8 Å². The number of para-hydroxylation sites is 1. The van der Waals surface area contributed by atoms with Gasteiger partial charge in [-0.2, -0.15) is 18.2 Å². The predicted octanol–water partition coefficient (Wildman–Crippen LogP) is 3.86. The highest BCUT2D eigenvalue weighted by Crippen LogP contribution is 2.38. The summed E-state index contributed by atoms with van der Waals surface area (Å²) in [6, 6.07) is 4.98. The standard InChI is InChI=1S/C13H14F3N3O/c1-8(2)19-7-11(17)18-12(19)20-10-6-4-3-5-9(10)13(14,15)16/h3-8H,17H2,1-2H3. The number of rotatable bonds is 3. The Bertz CT molecular complexity index is 605. The molecule has 1 aromatic heterocycles. The van der Waals surface area contributed by atoms with Gasteiger partial charge in [-0.1, -0.05) is 12.1 Å². The zero-order valence-corrected chi connectivity index (χ0v) is 11.0. The van der Waals surface area contributed by atoms with Crippen LogP contribution in [0.5, 0.6) is 11.8 Å². The molecule has 0 fully saturated rings. The lowest BCUT2D eigenvalue weighted by molar-refractivity contribution is -0.138. The number of halogens is 3. The van der Waals surface area contributed by atoms with Crippen molar-refractivity contribution < 1.29 is 17.9 Å². The summed E-state index contributed by atoms with van der Waals surface area (Å²) in [6.07, 6.45) is -2.96. The maximum absolute atomic E-state index is 12.9. The molecule has 0 radical (unpaired) electrons. The summed E-state index contributed by atoms with van der Waals surface area (Å²) >= 11 is 0. The number of nitrogens with two attached hydrogens (primary N) is 1. The fourth-order valence-corrected chi connectivity index (χ4v) is 1.73. The maximum atomic E-state index is 12.9. The van der Waals surface area contributed by atoms with Crippen LogP contribution in [-0.2, 0) is 6.18 Å². The van der Waals surface area contributed by atoms with Crippen LogP contribution in [0.15, 0.2) is 30.5 Å². The number of alkyl halides is 3. The lowest BCUT2D eigenvalue weighted by Crippen LogP contribution is -2.08. The second-order valence-corrected chi connectivity index (χ2v) is 4.55. The summed E-state index contributed by atoms with van der Waals surface area (Å²) in [4.78, 5) is 3.90. The average molecular weight is 285 g/mol. The van der Waals surface area contributed by atoms with Crippen molar-refractivity contribution in [1.29, 1.82) is 0 Å². The first-order valence-corrected chi connectivity index (χ1v) is 5.97. The Morgan fingerprint density at radius 2 is 1.90 bits per heavy atom. The Morgan fingerprint density at radius 1 is 1.25 bits per heavy atom. The molecule has 0 atom stereocenters. The number of nitrogen functional groups attached to an aromatic ring is 1. The van der Waals surface area contributed by atoms with Crippen LogP contribution in [0.4, 0.5) is 19.0 Å². The first kappa shape index (κ1) is 14.2. The van der Waals surface area contributed by atoms with E-state index in [-0.39, 0.29) is 23.6 Å². The summed E-state index contributed by atoms with van der Waals surface area (Å²) in [7, 11) is 0. The molecule has 0 aliphatic rings. The second kappa shape index (κ2) is 5.07. The van der Waals surface area contributed by atoms with Crippen LogP contribution in [0.25, 0.3) is 0 Å². The molecule has 2 aromatic rings.